The average Bonchev–Trinajstić information content (AvgIpc) is 3.10. The number of rotatable bonds is 4. The molecule has 2 aromatic carbocycles. The first kappa shape index (κ1) is 21.7. The van der Waals surface area contributed by atoms with E-state index in [-0.39, 0.29) is 23.7 Å². The summed E-state index contributed by atoms with van der Waals surface area (Å²) in [5, 5.41) is 0. The van der Waals surface area contributed by atoms with Gasteiger partial charge in [0.1, 0.15) is 11.5 Å². The van der Waals surface area contributed by atoms with Crippen LogP contribution >= 0.6 is 0 Å². The molecule has 0 radical (unpaired) electrons. The third kappa shape index (κ3) is 4.14. The zero-order valence-corrected chi connectivity index (χ0v) is 19.1. The number of piperazine rings is 1. The molecule has 2 aliphatic heterocycles. The third-order valence-electron chi connectivity index (χ3n) is 7.13. The quantitative estimate of drug-likeness (QED) is 0.653. The molecule has 2 aromatic rings. The summed E-state index contributed by atoms with van der Waals surface area (Å²) in [6, 6.07) is 14.3. The molecule has 1 saturated carbocycles. The van der Waals surface area contributed by atoms with Gasteiger partial charge in [0, 0.05) is 37.9 Å². The Morgan fingerprint density at radius 3 is 2.15 bits per heavy atom. The van der Waals surface area contributed by atoms with Crippen LogP contribution in [0.3, 0.4) is 0 Å². The number of imide groups is 1. The van der Waals surface area contributed by atoms with Crippen LogP contribution in [-0.4, -0.2) is 53.8 Å². The van der Waals surface area contributed by atoms with E-state index in [1.807, 2.05) is 0 Å². The molecule has 1 aliphatic carbocycles. The van der Waals surface area contributed by atoms with Gasteiger partial charge in [0.05, 0.1) is 5.57 Å². The summed E-state index contributed by atoms with van der Waals surface area (Å²) < 4.78 is 13.6. The van der Waals surface area contributed by atoms with Crippen molar-refractivity contribution in [2.24, 2.45) is 0 Å². The van der Waals surface area contributed by atoms with Crippen LogP contribution in [-0.2, 0) is 9.59 Å². The van der Waals surface area contributed by atoms with Crippen molar-refractivity contribution in [3.63, 3.8) is 0 Å². The molecule has 2 heterocycles. The summed E-state index contributed by atoms with van der Waals surface area (Å²) >= 11 is 0. The summed E-state index contributed by atoms with van der Waals surface area (Å²) in [6.45, 7) is 4.95. The Kier molecular flexibility index (Phi) is 5.92. The number of aryl methyl sites for hydroxylation is 1. The van der Waals surface area contributed by atoms with Crippen LogP contribution in [0.4, 0.5) is 10.1 Å². The molecule has 6 heteroatoms. The molecule has 5 rings (SSSR count). The molecule has 0 aromatic heterocycles. The molecule has 33 heavy (non-hydrogen) atoms. The first-order valence-corrected chi connectivity index (χ1v) is 12.0. The zero-order chi connectivity index (χ0) is 22.9. The first-order chi connectivity index (χ1) is 16.0. The second kappa shape index (κ2) is 9.00. The Morgan fingerprint density at radius 2 is 1.48 bits per heavy atom. The van der Waals surface area contributed by atoms with E-state index in [2.05, 4.69) is 41.0 Å². The van der Waals surface area contributed by atoms with Crippen LogP contribution in [0.25, 0.3) is 5.57 Å². The largest absolute Gasteiger partial charge is 0.368 e. The van der Waals surface area contributed by atoms with E-state index in [0.29, 0.717) is 29.9 Å². The van der Waals surface area contributed by atoms with Crippen molar-refractivity contribution >= 4 is 23.1 Å². The highest BCUT2D eigenvalue weighted by Gasteiger charge is 2.45. The van der Waals surface area contributed by atoms with Gasteiger partial charge in [0.2, 0.25) is 0 Å². The number of nitrogens with zero attached hydrogens (tertiary/aromatic N) is 3. The van der Waals surface area contributed by atoms with E-state index in [4.69, 9.17) is 0 Å². The smallest absolute Gasteiger partial charge is 0.278 e. The maximum Gasteiger partial charge on any atom is 0.278 e. The Bertz CT molecular complexity index is 1080. The number of benzene rings is 2. The van der Waals surface area contributed by atoms with Gasteiger partial charge in [0.25, 0.3) is 11.8 Å². The van der Waals surface area contributed by atoms with Crippen LogP contribution < -0.4 is 4.90 Å². The van der Waals surface area contributed by atoms with Gasteiger partial charge in [-0.2, -0.15) is 0 Å². The number of halogens is 1. The lowest BCUT2D eigenvalue weighted by Gasteiger charge is -2.38. The minimum Gasteiger partial charge on any atom is -0.368 e. The monoisotopic (exact) mass is 447 g/mol. The minimum atomic E-state index is -0.353. The van der Waals surface area contributed by atoms with Gasteiger partial charge in [-0.1, -0.05) is 43.5 Å². The Hall–Kier alpha value is -3.15. The van der Waals surface area contributed by atoms with Gasteiger partial charge in [-0.05, 0) is 55.2 Å². The highest BCUT2D eigenvalue weighted by Crippen LogP contribution is 2.36. The molecular formula is C27H30FN3O2. The van der Waals surface area contributed by atoms with Crippen molar-refractivity contribution in [1.29, 1.82) is 0 Å². The van der Waals surface area contributed by atoms with Crippen LogP contribution in [0.1, 0.15) is 43.2 Å². The van der Waals surface area contributed by atoms with Crippen LogP contribution in [0.2, 0.25) is 0 Å². The summed E-state index contributed by atoms with van der Waals surface area (Å²) in [5.74, 6) is -0.765. The Labute approximate surface area is 194 Å². The topological polar surface area (TPSA) is 43.9 Å². The lowest BCUT2D eigenvalue weighted by Crippen LogP contribution is -2.48. The number of anilines is 1. The highest BCUT2D eigenvalue weighted by atomic mass is 19.1. The standard InChI is InChI=1S/C27H30FN3O2/c1-19-6-5-9-23(18-19)29-14-16-30(17-15-29)25-24(20-10-12-21(28)13-11-20)26(32)31(27(25)33)22-7-3-2-4-8-22/h5-6,9-13,18,22H,2-4,7-8,14-17H2,1H3. The van der Waals surface area contributed by atoms with Crippen molar-refractivity contribution in [1.82, 2.24) is 9.80 Å². The van der Waals surface area contributed by atoms with E-state index in [1.165, 1.54) is 28.3 Å². The number of hydrogen-bond acceptors (Lipinski definition) is 4. The number of carbonyl (C=O) groups is 2. The molecule has 0 spiro atoms. The lowest BCUT2D eigenvalue weighted by atomic mass is 9.94. The van der Waals surface area contributed by atoms with Gasteiger partial charge in [-0.15, -0.1) is 0 Å². The minimum absolute atomic E-state index is 0.0414. The van der Waals surface area contributed by atoms with Crippen LogP contribution in [0.5, 0.6) is 0 Å². The number of amides is 2. The van der Waals surface area contributed by atoms with Crippen molar-refractivity contribution in [3.05, 3.63) is 71.2 Å². The van der Waals surface area contributed by atoms with Crippen molar-refractivity contribution < 1.29 is 14.0 Å². The van der Waals surface area contributed by atoms with Gasteiger partial charge < -0.3 is 9.80 Å². The molecule has 0 bridgehead atoms. The molecule has 1 saturated heterocycles. The summed E-state index contributed by atoms with van der Waals surface area (Å²) in [4.78, 5) is 33.2. The van der Waals surface area contributed by atoms with Gasteiger partial charge in [-0.25, -0.2) is 4.39 Å². The normalized spacial score (nSPS) is 20.2. The second-order valence-corrected chi connectivity index (χ2v) is 9.32. The van der Waals surface area contributed by atoms with Gasteiger partial charge in [0.15, 0.2) is 0 Å². The van der Waals surface area contributed by atoms with E-state index in [1.54, 1.807) is 12.1 Å². The van der Waals surface area contributed by atoms with E-state index in [0.717, 1.165) is 45.2 Å². The molecule has 5 nitrogen and oxygen atoms in total. The predicted octanol–water partition coefficient (Wildman–Crippen LogP) is 4.37. The molecule has 3 aliphatic rings. The summed E-state index contributed by atoms with van der Waals surface area (Å²) in [5.41, 5.74) is 3.93. The zero-order valence-electron chi connectivity index (χ0n) is 19.1. The van der Waals surface area contributed by atoms with Crippen molar-refractivity contribution in [2.45, 2.75) is 45.1 Å². The molecule has 172 valence electrons. The van der Waals surface area contributed by atoms with Crippen LogP contribution in [0.15, 0.2) is 54.2 Å². The molecule has 0 atom stereocenters. The number of carbonyl (C=O) groups excluding carboxylic acids is 2. The second-order valence-electron chi connectivity index (χ2n) is 9.32. The van der Waals surface area contributed by atoms with Crippen molar-refractivity contribution in [3.8, 4) is 0 Å². The van der Waals surface area contributed by atoms with Crippen molar-refractivity contribution in [2.75, 3.05) is 31.1 Å². The molecule has 2 fully saturated rings. The maximum absolute atomic E-state index is 13.7. The van der Waals surface area contributed by atoms with E-state index >= 15 is 0 Å². The van der Waals surface area contributed by atoms with Gasteiger partial charge >= 0.3 is 0 Å². The molecular weight excluding hydrogens is 417 g/mol. The van der Waals surface area contributed by atoms with E-state index in [9.17, 15) is 14.0 Å². The molecule has 0 N–H and O–H groups in total. The summed E-state index contributed by atoms with van der Waals surface area (Å²) in [6.07, 6.45) is 4.96. The maximum atomic E-state index is 13.7. The van der Waals surface area contributed by atoms with Crippen LogP contribution in [0, 0.1) is 12.7 Å². The fourth-order valence-electron chi connectivity index (χ4n) is 5.39. The fraction of sp³-hybridized carbons (Fsp3) is 0.407. The Balaban J connectivity index is 1.45. The van der Waals surface area contributed by atoms with Gasteiger partial charge in [-0.3, -0.25) is 14.5 Å². The van der Waals surface area contributed by atoms with E-state index < -0.39 is 0 Å². The average molecular weight is 448 g/mol. The lowest BCUT2D eigenvalue weighted by molar-refractivity contribution is -0.141. The first-order valence-electron chi connectivity index (χ1n) is 12.0. The molecule has 2 amide bonds. The third-order valence-corrected chi connectivity index (χ3v) is 7.13. The highest BCUT2D eigenvalue weighted by molar-refractivity contribution is 6.35. The fourth-order valence-corrected chi connectivity index (χ4v) is 5.39. The predicted molar refractivity (Wildman–Crippen MR) is 127 cm³/mol. The molecule has 0 unspecified atom stereocenters. The summed E-state index contributed by atoms with van der Waals surface area (Å²) in [7, 11) is 0. The Morgan fingerprint density at radius 1 is 0.818 bits per heavy atom. The number of hydrogen-bond donors (Lipinski definition) is 0. The SMILES string of the molecule is Cc1cccc(N2CCN(C3=C(c4ccc(F)cc4)C(=O)N(C4CCCCC4)C3=O)CC2)c1.